The van der Waals surface area contributed by atoms with Crippen LogP contribution in [0.15, 0.2) is 12.7 Å². The fraction of sp³-hybridized carbons (Fsp3) is 0.286. The third-order valence-electron chi connectivity index (χ3n) is 0.496. The van der Waals surface area contributed by atoms with Crippen LogP contribution in [0.4, 0.5) is 0 Å². The van der Waals surface area contributed by atoms with Gasteiger partial charge in [-0.2, -0.15) is 0 Å². The first-order chi connectivity index (χ1) is 3.41. The Bertz CT molecular complexity index is 90.3. The van der Waals surface area contributed by atoms with Crippen molar-refractivity contribution in [1.82, 2.24) is 0 Å². The minimum absolute atomic E-state index is 0.702. The van der Waals surface area contributed by atoms with E-state index in [9.17, 15) is 0 Å². The second kappa shape index (κ2) is 5.30. The van der Waals surface area contributed by atoms with Crippen molar-refractivity contribution in [1.29, 1.82) is 0 Å². The topological polar surface area (TPSA) is 0 Å². The summed E-state index contributed by atoms with van der Waals surface area (Å²) in [5.41, 5.74) is 0. The molecule has 0 heteroatoms. The van der Waals surface area contributed by atoms with Gasteiger partial charge in [0, 0.05) is 12.8 Å². The van der Waals surface area contributed by atoms with E-state index in [0.29, 0.717) is 6.42 Å². The van der Waals surface area contributed by atoms with Crippen LogP contribution in [0.25, 0.3) is 0 Å². The highest BCUT2D eigenvalue weighted by Gasteiger charge is 1.60. The first-order valence-corrected chi connectivity index (χ1v) is 2.27. The molecule has 0 aromatic heterocycles. The van der Waals surface area contributed by atoms with Crippen LogP contribution in [0, 0.1) is 18.8 Å². The molecule has 0 bridgehead atoms. The van der Waals surface area contributed by atoms with Crippen molar-refractivity contribution >= 4 is 0 Å². The molecule has 0 aliphatic rings. The van der Waals surface area contributed by atoms with Gasteiger partial charge in [-0.1, -0.05) is 12.0 Å². The minimum atomic E-state index is 0.702. The summed E-state index contributed by atoms with van der Waals surface area (Å²) < 4.78 is 0. The van der Waals surface area contributed by atoms with Crippen LogP contribution in [0.5, 0.6) is 0 Å². The Morgan fingerprint density at radius 3 is 2.57 bits per heavy atom. The zero-order chi connectivity index (χ0) is 5.54. The van der Waals surface area contributed by atoms with Gasteiger partial charge < -0.3 is 0 Å². The van der Waals surface area contributed by atoms with Crippen LogP contribution in [0.1, 0.15) is 12.8 Å². The van der Waals surface area contributed by atoms with Crippen molar-refractivity contribution in [2.75, 3.05) is 0 Å². The maximum absolute atomic E-state index is 3.55. The van der Waals surface area contributed by atoms with Crippen LogP contribution in [-0.4, -0.2) is 0 Å². The van der Waals surface area contributed by atoms with E-state index in [2.05, 4.69) is 25.3 Å². The van der Waals surface area contributed by atoms with E-state index >= 15 is 0 Å². The summed E-state index contributed by atoms with van der Waals surface area (Å²) in [5.74, 6) is 5.67. The Morgan fingerprint density at radius 1 is 1.43 bits per heavy atom. The van der Waals surface area contributed by atoms with Crippen molar-refractivity contribution in [3.8, 4) is 11.8 Å². The Labute approximate surface area is 45.2 Å². The lowest BCUT2D eigenvalue weighted by Crippen LogP contribution is -1.55. The number of allylic oxidation sites excluding steroid dienone is 1. The van der Waals surface area contributed by atoms with Crippen LogP contribution >= 0.6 is 0 Å². The summed E-state index contributed by atoms with van der Waals surface area (Å²) in [7, 11) is 0. The standard InChI is InChI=1S/C7H9/c1-3-5-7-6-4-2/h3H,1-2,4-5H2. The highest BCUT2D eigenvalue weighted by atomic mass is 13.7. The molecule has 0 aromatic carbocycles. The molecule has 0 aromatic rings. The van der Waals surface area contributed by atoms with Crippen molar-refractivity contribution in [2.45, 2.75) is 12.8 Å². The fourth-order valence-electron chi connectivity index (χ4n) is 0.233. The lowest BCUT2D eigenvalue weighted by molar-refractivity contribution is 1.43. The first kappa shape index (κ1) is 6.30. The molecule has 1 radical (unpaired) electrons. The van der Waals surface area contributed by atoms with Crippen LogP contribution < -0.4 is 0 Å². The van der Waals surface area contributed by atoms with Gasteiger partial charge in [-0.3, -0.25) is 0 Å². The second-order valence-electron chi connectivity index (χ2n) is 1.10. The van der Waals surface area contributed by atoms with Gasteiger partial charge in [0.05, 0.1) is 0 Å². The van der Waals surface area contributed by atoms with Gasteiger partial charge >= 0.3 is 0 Å². The molecule has 0 rings (SSSR count). The van der Waals surface area contributed by atoms with Gasteiger partial charge in [0.25, 0.3) is 0 Å². The lowest BCUT2D eigenvalue weighted by atomic mass is 10.4. The number of hydrogen-bond donors (Lipinski definition) is 0. The van der Waals surface area contributed by atoms with Gasteiger partial charge in [-0.05, 0) is 6.92 Å². The first-order valence-electron chi connectivity index (χ1n) is 2.27. The van der Waals surface area contributed by atoms with E-state index in [1.165, 1.54) is 0 Å². The average molecular weight is 93.1 g/mol. The monoisotopic (exact) mass is 93.1 g/mol. The smallest absolute Gasteiger partial charge is 0.0267 e. The molecule has 0 unspecified atom stereocenters. The van der Waals surface area contributed by atoms with Crippen molar-refractivity contribution in [2.24, 2.45) is 0 Å². The summed E-state index contributed by atoms with van der Waals surface area (Å²) >= 11 is 0. The van der Waals surface area contributed by atoms with Crippen molar-refractivity contribution in [3.63, 3.8) is 0 Å². The van der Waals surface area contributed by atoms with Gasteiger partial charge in [0.2, 0.25) is 0 Å². The van der Waals surface area contributed by atoms with Gasteiger partial charge in [-0.25, -0.2) is 0 Å². The minimum Gasteiger partial charge on any atom is -0.103 e. The lowest BCUT2D eigenvalue weighted by Gasteiger charge is -1.68. The SMILES string of the molecule is [CH2]CC#CCC=C. The van der Waals surface area contributed by atoms with Gasteiger partial charge in [-0.15, -0.1) is 12.5 Å². The second-order valence-corrected chi connectivity index (χ2v) is 1.10. The van der Waals surface area contributed by atoms with Gasteiger partial charge in [0.15, 0.2) is 0 Å². The molecular formula is C7H9. The predicted octanol–water partition coefficient (Wildman–Crippen LogP) is 1.79. The maximum Gasteiger partial charge on any atom is 0.0267 e. The summed E-state index contributed by atoms with van der Waals surface area (Å²) in [5, 5.41) is 0. The molecule has 0 saturated heterocycles. The third-order valence-corrected chi connectivity index (χ3v) is 0.496. The molecule has 0 atom stereocenters. The quantitative estimate of drug-likeness (QED) is 0.342. The molecule has 0 amide bonds. The Kier molecular flexibility index (Phi) is 4.77. The van der Waals surface area contributed by atoms with Crippen LogP contribution in [-0.2, 0) is 0 Å². The Balaban J connectivity index is 3.06. The van der Waals surface area contributed by atoms with Gasteiger partial charge in [0.1, 0.15) is 0 Å². The van der Waals surface area contributed by atoms with Crippen LogP contribution in [0.2, 0.25) is 0 Å². The summed E-state index contributed by atoms with van der Waals surface area (Å²) in [6.07, 6.45) is 3.27. The van der Waals surface area contributed by atoms with E-state index in [4.69, 9.17) is 0 Å². The van der Waals surface area contributed by atoms with E-state index < -0.39 is 0 Å². The van der Waals surface area contributed by atoms with Crippen molar-refractivity contribution < 1.29 is 0 Å². The molecule has 0 spiro atoms. The predicted molar refractivity (Wildman–Crippen MR) is 32.6 cm³/mol. The van der Waals surface area contributed by atoms with E-state index in [1.54, 1.807) is 6.08 Å². The highest BCUT2D eigenvalue weighted by molar-refractivity contribution is 5.02. The Morgan fingerprint density at radius 2 is 2.14 bits per heavy atom. The molecule has 0 heterocycles. The molecule has 37 valence electrons. The number of hydrogen-bond acceptors (Lipinski definition) is 0. The molecule has 0 nitrogen and oxygen atoms in total. The molecular weight excluding hydrogens is 84.1 g/mol. The molecule has 7 heavy (non-hydrogen) atoms. The molecule has 0 saturated carbocycles. The third kappa shape index (κ3) is 5.30. The normalized spacial score (nSPS) is 6.43. The van der Waals surface area contributed by atoms with E-state index in [-0.39, 0.29) is 0 Å². The van der Waals surface area contributed by atoms with Crippen molar-refractivity contribution in [3.05, 3.63) is 19.6 Å². The Hall–Kier alpha value is -0.700. The van der Waals surface area contributed by atoms with Crippen LogP contribution in [0.3, 0.4) is 0 Å². The molecule has 0 N–H and O–H groups in total. The molecule has 0 fully saturated rings. The molecule has 0 aliphatic carbocycles. The fourth-order valence-corrected chi connectivity index (χ4v) is 0.233. The van der Waals surface area contributed by atoms with E-state index in [0.717, 1.165) is 6.42 Å². The summed E-state index contributed by atoms with van der Waals surface area (Å²) in [6, 6.07) is 0. The molecule has 0 aliphatic heterocycles. The summed E-state index contributed by atoms with van der Waals surface area (Å²) in [4.78, 5) is 0. The zero-order valence-corrected chi connectivity index (χ0v) is 4.41. The average Bonchev–Trinajstić information content (AvgIpc) is 1.69. The summed E-state index contributed by atoms with van der Waals surface area (Å²) in [6.45, 7) is 7.06. The zero-order valence-electron chi connectivity index (χ0n) is 4.41. The van der Waals surface area contributed by atoms with E-state index in [1.807, 2.05) is 0 Å². The largest absolute Gasteiger partial charge is 0.103 e. The highest BCUT2D eigenvalue weighted by Crippen LogP contribution is 1.74. The maximum atomic E-state index is 3.55. The number of rotatable bonds is 1.